The predicted octanol–water partition coefficient (Wildman–Crippen LogP) is 0.422. The Labute approximate surface area is 150 Å². The Balaban J connectivity index is 3.24. The van der Waals surface area contributed by atoms with E-state index >= 15 is 0 Å². The van der Waals surface area contributed by atoms with Crippen LogP contribution in [0.3, 0.4) is 0 Å². The number of rotatable bonds is 8. The second-order valence-electron chi connectivity index (χ2n) is 5.77. The molecule has 0 amide bonds. The summed E-state index contributed by atoms with van der Waals surface area (Å²) in [5.74, 6) is -0.0307. The van der Waals surface area contributed by atoms with Gasteiger partial charge in [-0.05, 0) is 61.4 Å². The lowest BCUT2D eigenvalue weighted by molar-refractivity contribution is 0.0952. The summed E-state index contributed by atoms with van der Waals surface area (Å²) in [5.41, 5.74) is 18.2. The molecule has 1 aromatic carbocycles. The standard InChI is InChI=1S/C16H26N4O4S/c1-8-9(2)15(25(22)23)10(3)12(14(8)24-4)13(21)11(17)6-5-7-20-16(18)19/h11H,5-7,17H2,1-4H3,(H,22,23)(H4,18,19,20)/p-1/t11-/m0/s1. The highest BCUT2D eigenvalue weighted by Gasteiger charge is 2.26. The molecule has 25 heavy (non-hydrogen) atoms. The van der Waals surface area contributed by atoms with E-state index in [1.54, 1.807) is 20.8 Å². The summed E-state index contributed by atoms with van der Waals surface area (Å²) >= 11 is -2.47. The van der Waals surface area contributed by atoms with Gasteiger partial charge >= 0.3 is 0 Å². The van der Waals surface area contributed by atoms with E-state index in [9.17, 15) is 13.6 Å². The Morgan fingerprint density at radius 3 is 2.32 bits per heavy atom. The maximum atomic E-state index is 12.8. The van der Waals surface area contributed by atoms with E-state index in [0.717, 1.165) is 0 Å². The summed E-state index contributed by atoms with van der Waals surface area (Å²) < 4.78 is 28.6. The maximum absolute atomic E-state index is 12.8. The third-order valence-electron chi connectivity index (χ3n) is 4.11. The molecule has 0 saturated carbocycles. The first-order chi connectivity index (χ1) is 11.6. The normalized spacial score (nSPS) is 13.2. The maximum Gasteiger partial charge on any atom is 0.185 e. The molecule has 9 heteroatoms. The quantitative estimate of drug-likeness (QED) is 0.197. The molecule has 140 valence electrons. The van der Waals surface area contributed by atoms with Crippen LogP contribution >= 0.6 is 0 Å². The van der Waals surface area contributed by atoms with Gasteiger partial charge in [-0.25, -0.2) is 0 Å². The second-order valence-corrected chi connectivity index (χ2v) is 6.64. The smallest absolute Gasteiger partial charge is 0.185 e. The minimum absolute atomic E-state index is 0.0193. The number of carbonyl (C=O) groups is 1. The fraction of sp³-hybridized carbons (Fsp3) is 0.500. The van der Waals surface area contributed by atoms with E-state index in [1.807, 2.05) is 0 Å². The van der Waals surface area contributed by atoms with E-state index in [2.05, 4.69) is 4.99 Å². The molecule has 0 aliphatic heterocycles. The number of carbonyl (C=O) groups excluding carboxylic acids is 1. The summed E-state index contributed by atoms with van der Waals surface area (Å²) in [4.78, 5) is 16.8. The van der Waals surface area contributed by atoms with Crippen LogP contribution in [0.5, 0.6) is 5.75 Å². The Morgan fingerprint density at radius 2 is 1.84 bits per heavy atom. The molecule has 0 heterocycles. The first kappa shape index (κ1) is 21.1. The van der Waals surface area contributed by atoms with Gasteiger partial charge in [-0.2, -0.15) is 0 Å². The van der Waals surface area contributed by atoms with Crippen molar-refractivity contribution in [2.24, 2.45) is 22.2 Å². The molecule has 8 nitrogen and oxygen atoms in total. The van der Waals surface area contributed by atoms with Gasteiger partial charge in [0.2, 0.25) is 0 Å². The van der Waals surface area contributed by atoms with Crippen LogP contribution in [0.15, 0.2) is 9.89 Å². The van der Waals surface area contributed by atoms with Crippen molar-refractivity contribution in [3.05, 3.63) is 22.3 Å². The number of benzene rings is 1. The largest absolute Gasteiger partial charge is 0.768 e. The highest BCUT2D eigenvalue weighted by molar-refractivity contribution is 7.79. The number of hydrogen-bond donors (Lipinski definition) is 3. The number of methoxy groups -OCH3 is 1. The number of aliphatic imine (C=N–C) groups is 1. The minimum atomic E-state index is -2.47. The molecular weight excluding hydrogens is 344 g/mol. The molecule has 1 aromatic rings. The van der Waals surface area contributed by atoms with Crippen LogP contribution in [0.1, 0.15) is 39.9 Å². The molecule has 0 aliphatic rings. The molecule has 0 bridgehead atoms. The van der Waals surface area contributed by atoms with Crippen molar-refractivity contribution >= 4 is 22.8 Å². The zero-order valence-electron chi connectivity index (χ0n) is 14.9. The van der Waals surface area contributed by atoms with Crippen molar-refractivity contribution < 1.29 is 18.3 Å². The Morgan fingerprint density at radius 1 is 1.24 bits per heavy atom. The fourth-order valence-electron chi connectivity index (χ4n) is 2.73. The van der Waals surface area contributed by atoms with Crippen molar-refractivity contribution in [3.63, 3.8) is 0 Å². The third kappa shape index (κ3) is 4.77. The number of guanidine groups is 1. The van der Waals surface area contributed by atoms with Crippen molar-refractivity contribution in [1.29, 1.82) is 0 Å². The number of nitrogens with two attached hydrogens (primary N) is 3. The predicted molar refractivity (Wildman–Crippen MR) is 96.6 cm³/mol. The van der Waals surface area contributed by atoms with Crippen LogP contribution in [0.4, 0.5) is 0 Å². The van der Waals surface area contributed by atoms with Crippen molar-refractivity contribution in [1.82, 2.24) is 0 Å². The van der Waals surface area contributed by atoms with E-state index in [1.165, 1.54) is 7.11 Å². The van der Waals surface area contributed by atoms with Crippen molar-refractivity contribution in [3.8, 4) is 5.75 Å². The molecule has 0 aromatic heterocycles. The van der Waals surface area contributed by atoms with E-state index in [-0.39, 0.29) is 22.2 Å². The number of ether oxygens (including phenoxy) is 1. The SMILES string of the molecule is COc1c(C)c(C)c(S(=O)[O-])c(C)c1C(=O)[C@@H](N)CCCN=C(N)N. The van der Waals surface area contributed by atoms with Gasteiger partial charge in [-0.1, -0.05) is 0 Å². The lowest BCUT2D eigenvalue weighted by atomic mass is 9.92. The van der Waals surface area contributed by atoms with Crippen molar-refractivity contribution in [2.45, 2.75) is 44.6 Å². The van der Waals surface area contributed by atoms with Crippen LogP contribution in [0, 0.1) is 20.8 Å². The van der Waals surface area contributed by atoms with Crippen LogP contribution in [0.2, 0.25) is 0 Å². The molecule has 1 unspecified atom stereocenters. The number of Topliss-reactive ketones (excluding diaryl/α,β-unsaturated/α-hetero) is 1. The summed E-state index contributed by atoms with van der Waals surface area (Å²) in [6.07, 6.45) is 0.887. The Hall–Kier alpha value is -1.97. The summed E-state index contributed by atoms with van der Waals surface area (Å²) in [6.45, 7) is 5.34. The first-order valence-electron chi connectivity index (χ1n) is 7.75. The molecule has 0 radical (unpaired) electrons. The van der Waals surface area contributed by atoms with Gasteiger partial charge in [0.1, 0.15) is 5.75 Å². The average Bonchev–Trinajstić information content (AvgIpc) is 2.53. The first-order valence-corrected chi connectivity index (χ1v) is 8.83. The zero-order valence-corrected chi connectivity index (χ0v) is 15.7. The molecule has 0 fully saturated rings. The van der Waals surface area contributed by atoms with E-state index < -0.39 is 17.1 Å². The second kappa shape index (κ2) is 8.93. The van der Waals surface area contributed by atoms with Crippen LogP contribution < -0.4 is 21.9 Å². The van der Waals surface area contributed by atoms with Gasteiger partial charge in [-0.15, -0.1) is 0 Å². The highest BCUT2D eigenvalue weighted by atomic mass is 32.2. The van der Waals surface area contributed by atoms with Gasteiger partial charge in [-0.3, -0.25) is 14.0 Å². The molecule has 1 rings (SSSR count). The third-order valence-corrected chi connectivity index (χ3v) is 5.05. The van der Waals surface area contributed by atoms with E-state index in [4.69, 9.17) is 21.9 Å². The minimum Gasteiger partial charge on any atom is -0.768 e. The summed E-state index contributed by atoms with van der Waals surface area (Å²) in [6, 6.07) is -0.808. The zero-order chi connectivity index (χ0) is 19.3. The Kier molecular flexibility index (Phi) is 7.53. The van der Waals surface area contributed by atoms with Crippen molar-refractivity contribution in [2.75, 3.05) is 13.7 Å². The molecule has 2 atom stereocenters. The fourth-order valence-corrected chi connectivity index (χ4v) is 3.49. The van der Waals surface area contributed by atoms with Crippen LogP contribution in [-0.4, -0.2) is 40.2 Å². The lowest BCUT2D eigenvalue weighted by Crippen LogP contribution is -2.32. The number of ketones is 1. The molecule has 0 aliphatic carbocycles. The molecule has 0 saturated heterocycles. The van der Waals surface area contributed by atoms with Gasteiger partial charge in [0.05, 0.1) is 18.7 Å². The van der Waals surface area contributed by atoms with Crippen LogP contribution in [-0.2, 0) is 11.1 Å². The molecule has 0 spiro atoms. The summed E-state index contributed by atoms with van der Waals surface area (Å²) in [5, 5.41) is 0. The molecular formula is C16H25N4O4S-. The topological polar surface area (TPSA) is 157 Å². The van der Waals surface area contributed by atoms with Gasteiger partial charge in [0, 0.05) is 11.4 Å². The number of nitrogens with zero attached hydrogens (tertiary/aromatic N) is 1. The Bertz CT molecular complexity index is 715. The van der Waals surface area contributed by atoms with Gasteiger partial charge < -0.3 is 26.5 Å². The lowest BCUT2D eigenvalue weighted by Gasteiger charge is -2.23. The highest BCUT2D eigenvalue weighted by Crippen LogP contribution is 2.35. The number of hydrogen-bond acceptors (Lipinski definition) is 6. The van der Waals surface area contributed by atoms with E-state index in [0.29, 0.717) is 41.8 Å². The van der Waals surface area contributed by atoms with Crippen LogP contribution in [0.25, 0.3) is 0 Å². The van der Waals surface area contributed by atoms with Gasteiger partial charge in [0.15, 0.2) is 11.7 Å². The average molecular weight is 369 g/mol. The monoisotopic (exact) mass is 369 g/mol. The summed E-state index contributed by atoms with van der Waals surface area (Å²) in [7, 11) is 1.44. The molecule has 6 N–H and O–H groups in total. The van der Waals surface area contributed by atoms with Gasteiger partial charge in [0.25, 0.3) is 0 Å².